The average molecular weight is 1410 g/mol. The zero-order valence-corrected chi connectivity index (χ0v) is 58.4. The molecule has 8 aromatic rings. The number of carboxylic acids is 2. The van der Waals surface area contributed by atoms with E-state index in [-0.39, 0.29) is 72.3 Å². The average Bonchev–Trinajstić information content (AvgIpc) is 0.840. The molecule has 3 aliphatic rings. The van der Waals surface area contributed by atoms with Crippen LogP contribution in [0, 0.1) is 16.2 Å². The Labute approximate surface area is 600 Å². The van der Waals surface area contributed by atoms with Crippen LogP contribution in [-0.2, 0) is 42.7 Å². The van der Waals surface area contributed by atoms with Crippen LogP contribution in [0.2, 0.25) is 0 Å². The van der Waals surface area contributed by atoms with Gasteiger partial charge in [0.15, 0.2) is 0 Å². The Balaban J connectivity index is 0.000000205. The van der Waals surface area contributed by atoms with E-state index in [1.165, 1.54) is 0 Å². The monoisotopic (exact) mass is 1410 g/mol. The molecule has 21 nitrogen and oxygen atoms in total. The maximum atomic E-state index is 12.1. The zero-order chi connectivity index (χ0) is 74.6. The lowest BCUT2D eigenvalue weighted by Crippen LogP contribution is -2.46. The van der Waals surface area contributed by atoms with Crippen molar-refractivity contribution in [1.82, 2.24) is 0 Å². The standard InChI is InChI=1S/C24H26O6.C19H20O4.C15H14O3.C13H10O3.C6H12O2.C5H8O3/c1-3-22(25)28-13-14-29-23(26)20-7-5-18(6-8-20)19-9-11-21(12-10-19)30-17-24(4-2)15-27-16-24;1-2-19(11-22-12-19)13-23-17-9-7-15(8-10-17)14-3-5-16(6-4-14)18(20)21;1-2-18-15(17)13-5-3-11(4-6-13)12-7-9-14(16)10-8-12;14-12-7-5-10(6-8-12)9-1-3-11(4-2-9)13(15)16;1-2-6(3-7)4-8-5-6;1-2-5(7)8-4-3-6/h3,5-12H,1,4,13-17H2,2H3;3-10H,2,11-13H2,1H3,(H,20,21);3-10,16H,2H2,1H3;1-8,14H,(H,15,16);7H,2-5H2,1H3;2,6H,1,3-4H2. The molecular weight excluding hydrogens is 1320 g/mol. The van der Waals surface area contributed by atoms with Crippen molar-refractivity contribution in [1.29, 1.82) is 0 Å². The number of ether oxygens (including phenoxy) is 9. The van der Waals surface area contributed by atoms with Gasteiger partial charge in [-0.3, -0.25) is 0 Å². The fourth-order valence-electron chi connectivity index (χ4n) is 9.67. The van der Waals surface area contributed by atoms with Crippen molar-refractivity contribution in [2.45, 2.75) is 47.0 Å². The largest absolute Gasteiger partial charge is 0.508 e. The lowest BCUT2D eigenvalue weighted by molar-refractivity contribution is -0.139. The molecule has 0 aliphatic carbocycles. The molecule has 0 aromatic heterocycles. The minimum absolute atomic E-state index is 0.00447. The van der Waals surface area contributed by atoms with Gasteiger partial charge in [0.25, 0.3) is 0 Å². The van der Waals surface area contributed by atoms with Crippen LogP contribution in [0.1, 0.15) is 88.4 Å². The summed E-state index contributed by atoms with van der Waals surface area (Å²) in [6, 6.07) is 57.2. The van der Waals surface area contributed by atoms with Crippen molar-refractivity contribution >= 4 is 35.8 Å². The smallest absolute Gasteiger partial charge is 0.338 e. The maximum absolute atomic E-state index is 12.1. The molecule has 0 radical (unpaired) electrons. The Bertz CT molecular complexity index is 3910. The molecule has 103 heavy (non-hydrogen) atoms. The number of phenolic OH excluding ortho intramolecular Hbond substituents is 2. The van der Waals surface area contributed by atoms with E-state index in [0.29, 0.717) is 36.5 Å². The van der Waals surface area contributed by atoms with Crippen molar-refractivity contribution in [2.75, 3.05) is 92.5 Å². The molecule has 0 saturated carbocycles. The van der Waals surface area contributed by atoms with E-state index in [1.54, 1.807) is 104 Å². The number of aromatic carboxylic acids is 2. The van der Waals surface area contributed by atoms with Gasteiger partial charge in [-0.2, -0.15) is 0 Å². The van der Waals surface area contributed by atoms with Crippen LogP contribution in [0.4, 0.5) is 0 Å². The van der Waals surface area contributed by atoms with E-state index in [4.69, 9.17) is 63.4 Å². The van der Waals surface area contributed by atoms with Gasteiger partial charge in [-0.05, 0) is 168 Å². The predicted octanol–water partition coefficient (Wildman–Crippen LogP) is 14.0. The second-order valence-electron chi connectivity index (χ2n) is 24.2. The van der Waals surface area contributed by atoms with Crippen LogP contribution >= 0.6 is 0 Å². The molecule has 3 heterocycles. The third-order valence-corrected chi connectivity index (χ3v) is 16.9. The quantitative estimate of drug-likeness (QED) is 0.0127. The second kappa shape index (κ2) is 41.7. The highest BCUT2D eigenvalue weighted by Crippen LogP contribution is 2.35. The number of aromatic hydroxyl groups is 2. The summed E-state index contributed by atoms with van der Waals surface area (Å²) >= 11 is 0. The number of hydrogen-bond donors (Lipinski definition) is 6. The summed E-state index contributed by atoms with van der Waals surface area (Å²) in [5.74, 6) is -1.55. The van der Waals surface area contributed by atoms with Gasteiger partial charge in [0.2, 0.25) is 0 Å². The Kier molecular flexibility index (Phi) is 32.8. The molecule has 3 aliphatic heterocycles. The number of carbonyl (C=O) groups excluding carboxylic acids is 4. The molecule has 544 valence electrons. The van der Waals surface area contributed by atoms with Crippen LogP contribution in [0.5, 0.6) is 23.0 Å². The summed E-state index contributed by atoms with van der Waals surface area (Å²) in [5, 5.41) is 52.9. The number of hydrogen-bond acceptors (Lipinski definition) is 19. The number of esters is 4. The number of aliphatic hydroxyl groups is 2. The Morgan fingerprint density at radius 3 is 0.893 bits per heavy atom. The minimum atomic E-state index is -0.933. The third kappa shape index (κ3) is 25.9. The first kappa shape index (κ1) is 81.0. The summed E-state index contributed by atoms with van der Waals surface area (Å²) in [6.45, 7) is 21.1. The highest BCUT2D eigenvalue weighted by molar-refractivity contribution is 5.91. The van der Waals surface area contributed by atoms with Gasteiger partial charge >= 0.3 is 35.8 Å². The number of carbonyl (C=O) groups is 6. The van der Waals surface area contributed by atoms with E-state index < -0.39 is 29.8 Å². The molecule has 0 atom stereocenters. The van der Waals surface area contributed by atoms with Gasteiger partial charge in [-0.15, -0.1) is 0 Å². The Morgan fingerprint density at radius 1 is 0.379 bits per heavy atom. The topological polar surface area (TPSA) is 307 Å². The molecule has 6 N–H and O–H groups in total. The lowest BCUT2D eigenvalue weighted by atomic mass is 9.84. The molecule has 3 saturated heterocycles. The number of aliphatic hydroxyl groups excluding tert-OH is 2. The summed E-state index contributed by atoms with van der Waals surface area (Å²) in [5.41, 5.74) is 9.86. The van der Waals surface area contributed by atoms with Gasteiger partial charge in [0.1, 0.15) is 42.8 Å². The number of carboxylic acid groups (broad SMARTS) is 2. The normalized spacial score (nSPS) is 13.5. The zero-order valence-electron chi connectivity index (χ0n) is 58.4. The Morgan fingerprint density at radius 2 is 0.650 bits per heavy atom. The summed E-state index contributed by atoms with van der Waals surface area (Å²) < 4.78 is 46.5. The van der Waals surface area contributed by atoms with Crippen LogP contribution < -0.4 is 9.47 Å². The molecule has 0 spiro atoms. The second-order valence-corrected chi connectivity index (χ2v) is 24.2. The highest BCUT2D eigenvalue weighted by Gasteiger charge is 2.39. The van der Waals surface area contributed by atoms with Crippen LogP contribution in [0.15, 0.2) is 219 Å². The number of phenols is 2. The van der Waals surface area contributed by atoms with E-state index >= 15 is 0 Å². The van der Waals surface area contributed by atoms with Crippen molar-refractivity contribution in [3.63, 3.8) is 0 Å². The lowest BCUT2D eigenvalue weighted by Gasteiger charge is -2.40. The third-order valence-electron chi connectivity index (χ3n) is 16.9. The molecular formula is C82H90O21. The van der Waals surface area contributed by atoms with E-state index in [1.807, 2.05) is 97.1 Å². The van der Waals surface area contributed by atoms with E-state index in [2.05, 4.69) is 38.7 Å². The van der Waals surface area contributed by atoms with Gasteiger partial charge < -0.3 is 73.3 Å². The van der Waals surface area contributed by atoms with Gasteiger partial charge in [0.05, 0.1) is 106 Å². The van der Waals surface area contributed by atoms with Gasteiger partial charge in [0, 0.05) is 17.6 Å². The first-order chi connectivity index (χ1) is 49.7. The first-order valence-electron chi connectivity index (χ1n) is 33.5. The Hall–Kier alpha value is -10.9. The van der Waals surface area contributed by atoms with Crippen molar-refractivity contribution in [3.8, 4) is 67.5 Å². The van der Waals surface area contributed by atoms with Crippen molar-refractivity contribution in [2.24, 2.45) is 16.2 Å². The fourth-order valence-corrected chi connectivity index (χ4v) is 9.67. The summed E-state index contributed by atoms with van der Waals surface area (Å²) in [4.78, 5) is 66.1. The summed E-state index contributed by atoms with van der Waals surface area (Å²) in [6.07, 6.45) is 5.24. The van der Waals surface area contributed by atoms with Crippen LogP contribution in [0.25, 0.3) is 44.5 Å². The van der Waals surface area contributed by atoms with Gasteiger partial charge in [-0.25, -0.2) is 28.8 Å². The number of rotatable bonds is 26. The summed E-state index contributed by atoms with van der Waals surface area (Å²) in [7, 11) is 0. The van der Waals surface area contributed by atoms with Crippen LogP contribution in [0.3, 0.4) is 0 Å². The number of benzene rings is 8. The molecule has 0 amide bonds. The first-order valence-corrected chi connectivity index (χ1v) is 33.5. The molecule has 0 bridgehead atoms. The minimum Gasteiger partial charge on any atom is -0.508 e. The molecule has 11 rings (SSSR count). The van der Waals surface area contributed by atoms with E-state index in [0.717, 1.165) is 127 Å². The van der Waals surface area contributed by atoms with Crippen LogP contribution in [-0.4, -0.2) is 159 Å². The fraction of sp³-hybridized carbons (Fsp3) is 0.293. The van der Waals surface area contributed by atoms with Crippen molar-refractivity contribution < 1.29 is 102 Å². The predicted molar refractivity (Wildman–Crippen MR) is 389 cm³/mol. The SMILES string of the molecule is C=CC(=O)OCCO.C=CC(=O)OCCOC(=O)c1ccc(-c2ccc(OCC3(CC)COC3)cc2)cc1.CCC1(CO)COC1.CCC1(COc2ccc(-c3ccc(C(=O)O)cc3)cc2)COC1.CCOC(=O)c1ccc(-c2ccc(O)cc2)cc1.O=C(O)c1ccc(-c2ccc(O)cc2)cc1. The molecule has 0 unspecified atom stereocenters. The highest BCUT2D eigenvalue weighted by atomic mass is 16.6. The van der Waals surface area contributed by atoms with Gasteiger partial charge in [-0.1, -0.05) is 131 Å². The molecule has 8 aromatic carbocycles. The van der Waals surface area contributed by atoms with E-state index in [9.17, 15) is 33.9 Å². The molecule has 21 heteroatoms. The molecule has 3 fully saturated rings. The van der Waals surface area contributed by atoms with Crippen molar-refractivity contribution in [3.05, 3.63) is 242 Å². The maximum Gasteiger partial charge on any atom is 0.338 e.